The summed E-state index contributed by atoms with van der Waals surface area (Å²) < 4.78 is 0. The van der Waals surface area contributed by atoms with E-state index < -0.39 is 0 Å². The highest BCUT2D eigenvalue weighted by Crippen LogP contribution is 2.46. The first-order valence-corrected chi connectivity index (χ1v) is 7.05. The quantitative estimate of drug-likeness (QED) is 0.556. The maximum Gasteiger partial charge on any atom is 0.143 e. The predicted molar refractivity (Wildman–Crippen MR) is 81.4 cm³/mol. The van der Waals surface area contributed by atoms with Gasteiger partial charge in [0.05, 0.1) is 0 Å². The number of hydrogen-bond acceptors (Lipinski definition) is 1. The van der Waals surface area contributed by atoms with Gasteiger partial charge in [-0.1, -0.05) is 45.9 Å². The Morgan fingerprint density at radius 3 is 2.21 bits per heavy atom. The zero-order valence-electron chi connectivity index (χ0n) is 12.7. The zero-order valence-corrected chi connectivity index (χ0v) is 12.7. The van der Waals surface area contributed by atoms with Crippen LogP contribution in [0, 0.1) is 0 Å². The van der Waals surface area contributed by atoms with Crippen LogP contribution in [-0.2, 0) is 15.6 Å². The van der Waals surface area contributed by atoms with E-state index in [0.717, 1.165) is 17.4 Å². The number of benzene rings is 1. The van der Waals surface area contributed by atoms with Crippen LogP contribution >= 0.6 is 0 Å². The van der Waals surface area contributed by atoms with Crippen LogP contribution < -0.4 is 0 Å². The van der Waals surface area contributed by atoms with Crippen molar-refractivity contribution >= 4 is 11.9 Å². The fourth-order valence-electron chi connectivity index (χ4n) is 3.03. The van der Waals surface area contributed by atoms with Gasteiger partial charge in [-0.15, -0.1) is 0 Å². The molecular weight excluding hydrogens is 232 g/mol. The van der Waals surface area contributed by atoms with E-state index >= 15 is 0 Å². The summed E-state index contributed by atoms with van der Waals surface area (Å²) in [6, 6.07) is 6.69. The number of allylic oxidation sites excluding steroid dienone is 2. The number of fused-ring (bicyclic) bond motifs is 1. The lowest BCUT2D eigenvalue weighted by Crippen LogP contribution is -2.33. The van der Waals surface area contributed by atoms with E-state index in [4.69, 9.17) is 0 Å². The molecule has 0 unspecified atom stereocenters. The molecule has 1 aromatic carbocycles. The first-order chi connectivity index (χ1) is 8.78. The molecule has 1 heteroatoms. The molecule has 2 rings (SSSR count). The Bertz CT molecular complexity index is 533. The summed E-state index contributed by atoms with van der Waals surface area (Å²) >= 11 is 0. The molecule has 0 saturated heterocycles. The Morgan fingerprint density at radius 2 is 1.63 bits per heavy atom. The third-order valence-electron chi connectivity index (χ3n) is 4.63. The highest BCUT2D eigenvalue weighted by Gasteiger charge is 2.36. The van der Waals surface area contributed by atoms with Gasteiger partial charge in [-0.2, -0.15) is 0 Å². The Labute approximate surface area is 116 Å². The fraction of sp³-hybridized carbons (Fsp3) is 0.500. The van der Waals surface area contributed by atoms with Gasteiger partial charge in [0.2, 0.25) is 0 Å². The van der Waals surface area contributed by atoms with Crippen molar-refractivity contribution < 1.29 is 4.79 Å². The number of hydrogen-bond donors (Lipinski definition) is 0. The Kier molecular flexibility index (Phi) is 3.42. The normalized spacial score (nSPS) is 20.8. The molecule has 1 aromatic rings. The molecule has 1 aliphatic carbocycles. The Balaban J connectivity index is 2.60. The van der Waals surface area contributed by atoms with Crippen molar-refractivity contribution in [2.45, 2.75) is 58.3 Å². The van der Waals surface area contributed by atoms with Crippen LogP contribution in [-0.4, -0.2) is 6.29 Å². The molecule has 0 N–H and O–H groups in total. The molecule has 0 aliphatic heterocycles. The van der Waals surface area contributed by atoms with E-state index in [0.29, 0.717) is 0 Å². The average Bonchev–Trinajstić information content (AvgIpc) is 2.35. The lowest BCUT2D eigenvalue weighted by Gasteiger charge is -2.42. The van der Waals surface area contributed by atoms with Crippen LogP contribution in [0.1, 0.15) is 64.2 Å². The number of aldehydes is 1. The zero-order chi connectivity index (χ0) is 14.3. The smallest absolute Gasteiger partial charge is 0.143 e. The Hall–Kier alpha value is -1.37. The van der Waals surface area contributed by atoms with Crippen LogP contribution in [0.5, 0.6) is 0 Å². The van der Waals surface area contributed by atoms with Crippen LogP contribution in [0.4, 0.5) is 0 Å². The summed E-state index contributed by atoms with van der Waals surface area (Å²) in [6.07, 6.45) is 4.95. The summed E-state index contributed by atoms with van der Waals surface area (Å²) in [4.78, 5) is 10.6. The van der Waals surface area contributed by atoms with E-state index in [2.05, 4.69) is 45.9 Å². The lowest BCUT2D eigenvalue weighted by atomic mass is 9.63. The van der Waals surface area contributed by atoms with Crippen LogP contribution in [0.15, 0.2) is 24.3 Å². The van der Waals surface area contributed by atoms with Gasteiger partial charge in [-0.25, -0.2) is 0 Å². The van der Waals surface area contributed by atoms with Gasteiger partial charge in [0.1, 0.15) is 6.29 Å². The maximum atomic E-state index is 10.6. The summed E-state index contributed by atoms with van der Waals surface area (Å²) in [7, 11) is 0. The van der Waals surface area contributed by atoms with E-state index in [-0.39, 0.29) is 10.8 Å². The summed E-state index contributed by atoms with van der Waals surface area (Å²) in [5.74, 6) is 0. The lowest BCUT2D eigenvalue weighted by molar-refractivity contribution is -0.104. The second-order valence-corrected chi connectivity index (χ2v) is 7.01. The molecule has 0 fully saturated rings. The number of carbonyl (C=O) groups excluding carboxylic acids is 1. The molecule has 19 heavy (non-hydrogen) atoms. The highest BCUT2D eigenvalue weighted by molar-refractivity contribution is 5.81. The molecule has 0 aromatic heterocycles. The van der Waals surface area contributed by atoms with Gasteiger partial charge < -0.3 is 0 Å². The standard InChI is InChI=1S/C18H24O/c1-13(8-11-19)14-6-7-15-16(12-14)18(4,5)10-9-17(15,2)3/h6-8,11-12H,9-10H2,1-5H3/b13-8-. The molecule has 0 atom stereocenters. The van der Waals surface area contributed by atoms with Crippen molar-refractivity contribution in [3.05, 3.63) is 41.0 Å². The second-order valence-electron chi connectivity index (χ2n) is 7.01. The van der Waals surface area contributed by atoms with Gasteiger partial charge in [-0.05, 0) is 58.9 Å². The van der Waals surface area contributed by atoms with Crippen LogP contribution in [0.2, 0.25) is 0 Å². The van der Waals surface area contributed by atoms with E-state index in [1.165, 1.54) is 24.0 Å². The fourth-order valence-corrected chi connectivity index (χ4v) is 3.03. The van der Waals surface area contributed by atoms with Crippen molar-refractivity contribution in [3.63, 3.8) is 0 Å². The van der Waals surface area contributed by atoms with Gasteiger partial charge in [-0.3, -0.25) is 4.79 Å². The topological polar surface area (TPSA) is 17.1 Å². The highest BCUT2D eigenvalue weighted by atomic mass is 16.1. The molecular formula is C18H24O. The summed E-state index contributed by atoms with van der Waals surface area (Å²) in [5.41, 5.74) is 5.59. The average molecular weight is 256 g/mol. The van der Waals surface area contributed by atoms with Gasteiger partial charge in [0, 0.05) is 0 Å². The molecule has 102 valence electrons. The van der Waals surface area contributed by atoms with Gasteiger partial charge in [0.25, 0.3) is 0 Å². The minimum atomic E-state index is 0.225. The van der Waals surface area contributed by atoms with E-state index in [9.17, 15) is 4.79 Å². The predicted octanol–water partition coefficient (Wildman–Crippen LogP) is 4.64. The van der Waals surface area contributed by atoms with Crippen molar-refractivity contribution in [2.24, 2.45) is 0 Å². The first-order valence-electron chi connectivity index (χ1n) is 7.05. The number of carbonyl (C=O) groups is 1. The van der Waals surface area contributed by atoms with Crippen LogP contribution in [0.3, 0.4) is 0 Å². The molecule has 0 bridgehead atoms. The van der Waals surface area contributed by atoms with E-state index in [1.807, 2.05) is 6.92 Å². The van der Waals surface area contributed by atoms with Crippen molar-refractivity contribution in [1.29, 1.82) is 0 Å². The molecule has 0 heterocycles. The SMILES string of the molecule is C/C(=C/C=O)c1ccc2c(c1)C(C)(C)CCC2(C)C. The van der Waals surface area contributed by atoms with Crippen molar-refractivity contribution in [3.8, 4) is 0 Å². The monoisotopic (exact) mass is 256 g/mol. The van der Waals surface area contributed by atoms with Crippen molar-refractivity contribution in [2.75, 3.05) is 0 Å². The van der Waals surface area contributed by atoms with E-state index in [1.54, 1.807) is 6.08 Å². The minimum Gasteiger partial charge on any atom is -0.299 e. The molecule has 0 radical (unpaired) electrons. The second kappa shape index (κ2) is 4.63. The third-order valence-corrected chi connectivity index (χ3v) is 4.63. The van der Waals surface area contributed by atoms with Gasteiger partial charge in [0.15, 0.2) is 0 Å². The van der Waals surface area contributed by atoms with Crippen LogP contribution in [0.25, 0.3) is 5.57 Å². The Morgan fingerprint density at radius 1 is 1.05 bits per heavy atom. The molecule has 0 amide bonds. The number of rotatable bonds is 2. The summed E-state index contributed by atoms with van der Waals surface area (Å²) in [6.45, 7) is 11.3. The summed E-state index contributed by atoms with van der Waals surface area (Å²) in [5, 5.41) is 0. The largest absolute Gasteiger partial charge is 0.299 e. The molecule has 1 nitrogen and oxygen atoms in total. The molecule has 0 saturated carbocycles. The third kappa shape index (κ3) is 2.51. The van der Waals surface area contributed by atoms with Crippen molar-refractivity contribution in [1.82, 2.24) is 0 Å². The minimum absolute atomic E-state index is 0.225. The maximum absolute atomic E-state index is 10.6. The first kappa shape index (κ1) is 14.0. The molecule has 0 spiro atoms. The van der Waals surface area contributed by atoms with Gasteiger partial charge >= 0.3 is 0 Å². The molecule has 1 aliphatic rings.